The monoisotopic (exact) mass is 220 g/mol. The van der Waals surface area contributed by atoms with E-state index in [1.54, 1.807) is 12.3 Å². The van der Waals surface area contributed by atoms with Crippen LogP contribution in [-0.2, 0) is 12.6 Å². The molecule has 0 bridgehead atoms. The Labute approximate surface area is 114 Å². The van der Waals surface area contributed by atoms with E-state index < -0.39 is 0 Å². The van der Waals surface area contributed by atoms with Crippen molar-refractivity contribution in [1.82, 2.24) is 9.97 Å². The minimum Gasteiger partial charge on any atom is -0.740 e. The maximum atomic E-state index is 5.03. The summed E-state index contributed by atoms with van der Waals surface area (Å²) in [6.07, 6.45) is 6.58. The fourth-order valence-electron chi connectivity index (χ4n) is 0.421. The summed E-state index contributed by atoms with van der Waals surface area (Å²) in [5.74, 6) is 2.35. The van der Waals surface area contributed by atoms with Crippen LogP contribution in [0.1, 0.15) is 5.69 Å². The van der Waals surface area contributed by atoms with Gasteiger partial charge in [0.15, 0.2) is 0 Å². The zero-order chi connectivity index (χ0) is 6.69. The molecule has 0 aliphatic rings. The molecule has 0 saturated heterocycles. The first-order valence-electron chi connectivity index (χ1n) is 2.29. The van der Waals surface area contributed by atoms with Crippen LogP contribution in [0.2, 0.25) is 0 Å². The summed E-state index contributed by atoms with van der Waals surface area (Å²) in [5, 5.41) is 0.297. The second-order valence-corrected chi connectivity index (χ2v) is 1.73. The van der Waals surface area contributed by atoms with Crippen molar-refractivity contribution in [2.75, 3.05) is 0 Å². The fourth-order valence-corrected chi connectivity index (χ4v) is 0.580. The van der Waals surface area contributed by atoms with Gasteiger partial charge in [0.05, 0.1) is 0 Å². The molecule has 1 aromatic heterocycles. The minimum absolute atomic E-state index is 0. The molecule has 0 amide bonds. The molecule has 10 heavy (non-hydrogen) atoms. The Kier molecular flexibility index (Phi) is 5.69. The number of hydrogen-bond donors (Lipinski definition) is 0. The van der Waals surface area contributed by atoms with Crippen LogP contribution in [0.25, 0.3) is 0 Å². The molecule has 0 spiro atoms. The molecule has 1 rings (SSSR count). The van der Waals surface area contributed by atoms with Gasteiger partial charge in [-0.2, -0.15) is 0 Å². The van der Waals surface area contributed by atoms with Gasteiger partial charge < -0.3 is 12.6 Å². The summed E-state index contributed by atoms with van der Waals surface area (Å²) in [5.41, 5.74) is 0.537. The summed E-state index contributed by atoms with van der Waals surface area (Å²) in [6.45, 7) is 0. The zero-order valence-corrected chi connectivity index (χ0v) is 11.3. The molecule has 4 heteroatoms. The number of nitrogens with zero attached hydrogens (tertiary/aromatic N) is 2. The average molecular weight is 221 g/mol. The molecule has 0 fully saturated rings. The Balaban J connectivity index is 0.000000810. The predicted molar refractivity (Wildman–Crippen MR) is 35.6 cm³/mol. The van der Waals surface area contributed by atoms with Crippen molar-refractivity contribution in [3.63, 3.8) is 0 Å². The van der Waals surface area contributed by atoms with Gasteiger partial charge in [0, 0.05) is 11.4 Å². The molecule has 0 aliphatic heterocycles. The predicted octanol–water partition coefficient (Wildman–Crippen LogP) is -2.63. The van der Waals surface area contributed by atoms with Crippen molar-refractivity contribution >= 4 is 12.6 Å². The molecule has 0 aromatic carbocycles. The van der Waals surface area contributed by atoms with E-state index in [2.05, 4.69) is 28.5 Å². The summed E-state index contributed by atoms with van der Waals surface area (Å²) in [4.78, 5) is 7.46. The van der Waals surface area contributed by atoms with E-state index >= 15 is 0 Å². The van der Waals surface area contributed by atoms with Crippen LogP contribution in [0.5, 0.6) is 0 Å². The molecule has 0 aliphatic carbocycles. The van der Waals surface area contributed by atoms with E-state index in [0.717, 1.165) is 0 Å². The van der Waals surface area contributed by atoms with Crippen LogP contribution in [0.15, 0.2) is 17.4 Å². The van der Waals surface area contributed by atoms with Crippen LogP contribution in [-0.4, -0.2) is 9.97 Å². The summed E-state index contributed by atoms with van der Waals surface area (Å²) in [6, 6.07) is 1.63. The van der Waals surface area contributed by atoms with Crippen LogP contribution in [0.4, 0.5) is 0 Å². The molecular formula is C6H3N2RbS. The molecular weight excluding hydrogens is 218 g/mol. The van der Waals surface area contributed by atoms with E-state index in [4.69, 9.17) is 6.42 Å². The van der Waals surface area contributed by atoms with Gasteiger partial charge in [0.25, 0.3) is 0 Å². The van der Waals surface area contributed by atoms with Gasteiger partial charge in [-0.25, -0.2) is 4.98 Å². The summed E-state index contributed by atoms with van der Waals surface area (Å²) >= 11 is 4.65. The van der Waals surface area contributed by atoms with Gasteiger partial charge in [0.2, 0.25) is 0 Å². The Morgan fingerprint density at radius 3 is 2.70 bits per heavy atom. The Morgan fingerprint density at radius 2 is 2.30 bits per heavy atom. The van der Waals surface area contributed by atoms with Gasteiger partial charge in [-0.15, -0.1) is 6.42 Å². The normalized spacial score (nSPS) is 7.50. The van der Waals surface area contributed by atoms with E-state index in [0.29, 0.717) is 10.9 Å². The van der Waals surface area contributed by atoms with Gasteiger partial charge in [-0.3, -0.25) is 4.98 Å². The van der Waals surface area contributed by atoms with Crippen molar-refractivity contribution < 1.29 is 58.2 Å². The second kappa shape index (κ2) is 5.33. The van der Waals surface area contributed by atoms with Crippen molar-refractivity contribution in [2.45, 2.75) is 5.16 Å². The van der Waals surface area contributed by atoms with Crippen molar-refractivity contribution in [3.8, 4) is 12.3 Å². The van der Waals surface area contributed by atoms with Gasteiger partial charge >= 0.3 is 58.2 Å². The van der Waals surface area contributed by atoms with Crippen LogP contribution < -0.4 is 58.2 Å². The van der Waals surface area contributed by atoms with Gasteiger partial charge in [0.1, 0.15) is 5.69 Å². The quantitative estimate of drug-likeness (QED) is 0.272. The second-order valence-electron chi connectivity index (χ2n) is 1.37. The SMILES string of the molecule is C#Cc1ccnc([S-])n1.[Rb+]. The Hall–Kier alpha value is 0.665. The van der Waals surface area contributed by atoms with Crippen molar-refractivity contribution in [1.29, 1.82) is 0 Å². The first-order valence-corrected chi connectivity index (χ1v) is 2.70. The van der Waals surface area contributed by atoms with E-state index in [1.807, 2.05) is 0 Å². The largest absolute Gasteiger partial charge is 1.00 e. The maximum absolute atomic E-state index is 5.03. The molecule has 44 valence electrons. The third-order valence-electron chi connectivity index (χ3n) is 0.781. The number of hydrogen-bond acceptors (Lipinski definition) is 3. The molecule has 1 heterocycles. The molecule has 1 aromatic rings. The maximum Gasteiger partial charge on any atom is 1.00 e. The first-order chi connectivity index (χ1) is 4.33. The van der Waals surface area contributed by atoms with Crippen LogP contribution in [0, 0.1) is 12.3 Å². The molecule has 0 unspecified atom stereocenters. The van der Waals surface area contributed by atoms with Crippen molar-refractivity contribution in [2.24, 2.45) is 0 Å². The summed E-state index contributed by atoms with van der Waals surface area (Å²) in [7, 11) is 0. The van der Waals surface area contributed by atoms with Crippen LogP contribution >= 0.6 is 0 Å². The average Bonchev–Trinajstić information content (AvgIpc) is 1.88. The number of aromatic nitrogens is 2. The Bertz CT molecular complexity index is 256. The van der Waals surface area contributed by atoms with E-state index in [9.17, 15) is 0 Å². The van der Waals surface area contributed by atoms with E-state index in [1.165, 1.54) is 0 Å². The first kappa shape index (κ1) is 10.7. The fraction of sp³-hybridized carbons (Fsp3) is 0. The summed E-state index contributed by atoms with van der Waals surface area (Å²) < 4.78 is 0. The molecule has 0 atom stereocenters. The third-order valence-corrected chi connectivity index (χ3v) is 0.978. The molecule has 0 N–H and O–H groups in total. The van der Waals surface area contributed by atoms with Gasteiger partial charge in [-0.05, 0) is 6.07 Å². The van der Waals surface area contributed by atoms with Crippen LogP contribution in [0.3, 0.4) is 0 Å². The third kappa shape index (κ3) is 3.17. The smallest absolute Gasteiger partial charge is 0.740 e. The standard InChI is InChI=1S/C6H4N2S.Rb/c1-2-5-3-4-7-6(9)8-5;/h1,3-4H,(H,7,8,9);/q;+1/p-1. The number of terminal acetylenes is 1. The molecule has 0 saturated carbocycles. The minimum atomic E-state index is 0. The molecule has 2 nitrogen and oxygen atoms in total. The number of rotatable bonds is 0. The molecule has 0 radical (unpaired) electrons. The Morgan fingerprint density at radius 1 is 1.60 bits per heavy atom. The van der Waals surface area contributed by atoms with Gasteiger partial charge in [-0.1, -0.05) is 5.92 Å². The van der Waals surface area contributed by atoms with Crippen molar-refractivity contribution in [3.05, 3.63) is 18.0 Å². The zero-order valence-electron chi connectivity index (χ0n) is 5.53. The topological polar surface area (TPSA) is 25.8 Å². The van der Waals surface area contributed by atoms with E-state index in [-0.39, 0.29) is 58.2 Å².